The zero-order valence-corrected chi connectivity index (χ0v) is 14.0. The second kappa shape index (κ2) is 6.35. The van der Waals surface area contributed by atoms with Gasteiger partial charge in [0.05, 0.1) is 29.1 Å². The minimum Gasteiger partial charge on any atom is -0.369 e. The van der Waals surface area contributed by atoms with Crippen molar-refractivity contribution in [3.05, 3.63) is 53.6 Å². The fourth-order valence-electron chi connectivity index (χ4n) is 2.58. The second-order valence-electron chi connectivity index (χ2n) is 5.57. The lowest BCUT2D eigenvalue weighted by Crippen LogP contribution is -2.42. The van der Waals surface area contributed by atoms with Crippen LogP contribution >= 0.6 is 0 Å². The van der Waals surface area contributed by atoms with Gasteiger partial charge in [0.25, 0.3) is 0 Å². The van der Waals surface area contributed by atoms with Crippen LogP contribution in [0.4, 0.5) is 0 Å². The number of aryl methyl sites for hydroxylation is 2. The van der Waals surface area contributed by atoms with E-state index in [0.29, 0.717) is 23.7 Å². The molecule has 0 spiro atoms. The Morgan fingerprint density at radius 2 is 1.96 bits per heavy atom. The number of aromatic nitrogens is 2. The van der Waals surface area contributed by atoms with Crippen LogP contribution in [-0.2, 0) is 14.8 Å². The van der Waals surface area contributed by atoms with Gasteiger partial charge in [-0.05, 0) is 25.5 Å². The van der Waals surface area contributed by atoms with E-state index in [1.54, 1.807) is 37.5 Å². The van der Waals surface area contributed by atoms with Crippen molar-refractivity contribution in [1.82, 2.24) is 14.3 Å². The van der Waals surface area contributed by atoms with E-state index in [0.717, 1.165) is 11.3 Å². The number of sulfonamides is 1. The van der Waals surface area contributed by atoms with E-state index in [1.165, 1.54) is 4.31 Å². The topological polar surface area (TPSA) is 72.4 Å². The van der Waals surface area contributed by atoms with E-state index < -0.39 is 16.1 Å². The number of rotatable bonds is 3. The lowest BCUT2D eigenvalue weighted by atomic mass is 10.2. The van der Waals surface area contributed by atoms with E-state index >= 15 is 0 Å². The van der Waals surface area contributed by atoms with Crippen LogP contribution in [0.15, 0.2) is 41.6 Å². The summed E-state index contributed by atoms with van der Waals surface area (Å²) >= 11 is 0. The molecule has 0 bridgehead atoms. The molecule has 2 heterocycles. The van der Waals surface area contributed by atoms with Crippen molar-refractivity contribution in [1.29, 1.82) is 0 Å². The standard InChI is InChI=1S/C16H19N3O3S/c1-12-5-3-4-6-16(12)23(20,21)19-7-8-22-15(11-19)14-10-17-13(2)9-18-14/h3-6,9-10,15H,7-8,11H2,1-2H3. The minimum atomic E-state index is -3.54. The molecule has 1 aromatic heterocycles. The van der Waals surface area contributed by atoms with E-state index in [1.807, 2.05) is 13.0 Å². The normalized spacial score (nSPS) is 19.7. The maximum Gasteiger partial charge on any atom is 0.243 e. The molecule has 0 aliphatic carbocycles. The van der Waals surface area contributed by atoms with Gasteiger partial charge >= 0.3 is 0 Å². The number of nitrogens with zero attached hydrogens (tertiary/aromatic N) is 3. The predicted octanol–water partition coefficient (Wildman–Crippen LogP) is 1.86. The summed E-state index contributed by atoms with van der Waals surface area (Å²) in [4.78, 5) is 8.85. The van der Waals surface area contributed by atoms with Gasteiger partial charge in [-0.2, -0.15) is 4.31 Å². The minimum absolute atomic E-state index is 0.244. The molecule has 1 saturated heterocycles. The van der Waals surface area contributed by atoms with Gasteiger partial charge in [-0.15, -0.1) is 0 Å². The van der Waals surface area contributed by atoms with Crippen LogP contribution in [0, 0.1) is 13.8 Å². The number of morpholine rings is 1. The fourth-order valence-corrected chi connectivity index (χ4v) is 4.23. The molecule has 1 atom stereocenters. The second-order valence-corrected chi connectivity index (χ2v) is 7.48. The van der Waals surface area contributed by atoms with Crippen LogP contribution < -0.4 is 0 Å². The lowest BCUT2D eigenvalue weighted by Gasteiger charge is -2.32. The molecule has 0 amide bonds. The SMILES string of the molecule is Cc1cnc(C2CN(S(=O)(=O)c3ccccc3C)CCO2)cn1. The van der Waals surface area contributed by atoms with Gasteiger partial charge in [-0.1, -0.05) is 18.2 Å². The van der Waals surface area contributed by atoms with Gasteiger partial charge in [0.1, 0.15) is 6.10 Å². The first-order valence-electron chi connectivity index (χ1n) is 7.44. The summed E-state index contributed by atoms with van der Waals surface area (Å²) in [5, 5.41) is 0. The molecule has 0 N–H and O–H groups in total. The first kappa shape index (κ1) is 16.0. The van der Waals surface area contributed by atoms with Crippen LogP contribution in [-0.4, -0.2) is 42.4 Å². The summed E-state index contributed by atoms with van der Waals surface area (Å²) in [6.45, 7) is 4.58. The van der Waals surface area contributed by atoms with Crippen LogP contribution in [0.3, 0.4) is 0 Å². The lowest BCUT2D eigenvalue weighted by molar-refractivity contribution is -0.00517. The highest BCUT2D eigenvalue weighted by atomic mass is 32.2. The van der Waals surface area contributed by atoms with Gasteiger partial charge in [-0.25, -0.2) is 8.42 Å². The van der Waals surface area contributed by atoms with E-state index in [4.69, 9.17) is 4.74 Å². The predicted molar refractivity (Wildman–Crippen MR) is 85.4 cm³/mol. The fraction of sp³-hybridized carbons (Fsp3) is 0.375. The Morgan fingerprint density at radius 1 is 1.17 bits per heavy atom. The smallest absolute Gasteiger partial charge is 0.243 e. The molecule has 0 radical (unpaired) electrons. The van der Waals surface area contributed by atoms with Crippen molar-refractivity contribution in [2.45, 2.75) is 24.8 Å². The maximum atomic E-state index is 12.9. The number of benzene rings is 1. The number of hydrogen-bond acceptors (Lipinski definition) is 5. The van der Waals surface area contributed by atoms with Gasteiger partial charge in [0.15, 0.2) is 0 Å². The van der Waals surface area contributed by atoms with Crippen molar-refractivity contribution in [2.75, 3.05) is 19.7 Å². The molecule has 23 heavy (non-hydrogen) atoms. The van der Waals surface area contributed by atoms with Crippen molar-refractivity contribution >= 4 is 10.0 Å². The van der Waals surface area contributed by atoms with Crippen molar-refractivity contribution in [3.63, 3.8) is 0 Å². The molecule has 1 unspecified atom stereocenters. The van der Waals surface area contributed by atoms with Crippen LogP contribution in [0.5, 0.6) is 0 Å². The monoisotopic (exact) mass is 333 g/mol. The maximum absolute atomic E-state index is 12.9. The van der Waals surface area contributed by atoms with Gasteiger partial charge < -0.3 is 4.74 Å². The summed E-state index contributed by atoms with van der Waals surface area (Å²) in [5.74, 6) is 0. The largest absolute Gasteiger partial charge is 0.369 e. The molecule has 1 aliphatic rings. The Hall–Kier alpha value is -1.83. The van der Waals surface area contributed by atoms with Crippen LogP contribution in [0.2, 0.25) is 0 Å². The Labute approximate surface area is 136 Å². The van der Waals surface area contributed by atoms with Gasteiger partial charge in [0.2, 0.25) is 10.0 Å². The van der Waals surface area contributed by atoms with E-state index in [-0.39, 0.29) is 6.54 Å². The zero-order valence-electron chi connectivity index (χ0n) is 13.1. The third-order valence-electron chi connectivity index (χ3n) is 3.87. The first-order valence-corrected chi connectivity index (χ1v) is 8.88. The Morgan fingerprint density at radius 3 is 2.65 bits per heavy atom. The number of ether oxygens (including phenoxy) is 1. The van der Waals surface area contributed by atoms with Crippen LogP contribution in [0.25, 0.3) is 0 Å². The quantitative estimate of drug-likeness (QED) is 0.857. The molecule has 0 saturated carbocycles. The highest BCUT2D eigenvalue weighted by Crippen LogP contribution is 2.26. The Bertz CT molecular complexity index is 790. The first-order chi connectivity index (χ1) is 11.0. The summed E-state index contributed by atoms with van der Waals surface area (Å²) in [5.41, 5.74) is 2.21. The molecule has 1 fully saturated rings. The highest BCUT2D eigenvalue weighted by Gasteiger charge is 2.32. The Balaban J connectivity index is 1.86. The molecule has 122 valence electrons. The molecule has 1 aliphatic heterocycles. The molecule has 2 aromatic rings. The summed E-state index contributed by atoms with van der Waals surface area (Å²) < 4.78 is 32.9. The van der Waals surface area contributed by atoms with E-state index in [9.17, 15) is 8.42 Å². The summed E-state index contributed by atoms with van der Waals surface area (Å²) in [6.07, 6.45) is 2.91. The molecule has 3 rings (SSSR count). The average Bonchev–Trinajstić information content (AvgIpc) is 2.56. The summed E-state index contributed by atoms with van der Waals surface area (Å²) in [6, 6.07) is 7.01. The van der Waals surface area contributed by atoms with Gasteiger partial charge in [-0.3, -0.25) is 9.97 Å². The van der Waals surface area contributed by atoms with E-state index in [2.05, 4.69) is 9.97 Å². The zero-order chi connectivity index (χ0) is 16.4. The third-order valence-corrected chi connectivity index (χ3v) is 5.90. The highest BCUT2D eigenvalue weighted by molar-refractivity contribution is 7.89. The molecule has 7 heteroatoms. The molecule has 6 nitrogen and oxygen atoms in total. The Kier molecular flexibility index (Phi) is 4.43. The molecule has 1 aromatic carbocycles. The molecular weight excluding hydrogens is 314 g/mol. The van der Waals surface area contributed by atoms with Crippen molar-refractivity contribution in [2.24, 2.45) is 0 Å². The number of hydrogen-bond donors (Lipinski definition) is 0. The summed E-state index contributed by atoms with van der Waals surface area (Å²) in [7, 11) is -3.54. The third kappa shape index (κ3) is 3.26. The average molecular weight is 333 g/mol. The van der Waals surface area contributed by atoms with Crippen molar-refractivity contribution < 1.29 is 13.2 Å². The molecular formula is C16H19N3O3S. The van der Waals surface area contributed by atoms with Crippen molar-refractivity contribution in [3.8, 4) is 0 Å². The van der Waals surface area contributed by atoms with Gasteiger partial charge in [0, 0.05) is 19.3 Å². The van der Waals surface area contributed by atoms with Crippen LogP contribution in [0.1, 0.15) is 23.1 Å².